The topological polar surface area (TPSA) is 75.4 Å². The van der Waals surface area contributed by atoms with Crippen molar-refractivity contribution < 1.29 is 9.59 Å². The average molecular weight is 311 g/mol. The summed E-state index contributed by atoms with van der Waals surface area (Å²) in [5, 5.41) is 2.86. The van der Waals surface area contributed by atoms with Crippen LogP contribution in [0.15, 0.2) is 48.5 Å². The van der Waals surface area contributed by atoms with E-state index in [1.165, 1.54) is 4.90 Å². The van der Waals surface area contributed by atoms with E-state index in [2.05, 4.69) is 5.32 Å². The summed E-state index contributed by atoms with van der Waals surface area (Å²) >= 11 is 0. The van der Waals surface area contributed by atoms with Gasteiger partial charge in [0.15, 0.2) is 0 Å². The van der Waals surface area contributed by atoms with E-state index >= 15 is 0 Å². The van der Waals surface area contributed by atoms with E-state index in [0.29, 0.717) is 24.2 Å². The molecule has 0 fully saturated rings. The van der Waals surface area contributed by atoms with Crippen molar-refractivity contribution in [3.05, 3.63) is 70.8 Å². The number of nitrogens with one attached hydrogen (secondary N) is 1. The summed E-state index contributed by atoms with van der Waals surface area (Å²) in [6, 6.07) is 14.4. The standard InChI is InChI=1S/C18H21N3O2/c1-21(2)18(23)16-8-6-15(7-9-16)17(22)20-12-14-5-3-4-13(10-14)11-19/h3-10H,11-12,19H2,1-2H3,(H,20,22). The van der Waals surface area contributed by atoms with Crippen molar-refractivity contribution in [3.63, 3.8) is 0 Å². The lowest BCUT2D eigenvalue weighted by molar-refractivity contribution is 0.0826. The number of benzene rings is 2. The largest absolute Gasteiger partial charge is 0.348 e. The highest BCUT2D eigenvalue weighted by molar-refractivity contribution is 5.97. The molecule has 0 bridgehead atoms. The number of carbonyl (C=O) groups is 2. The molecule has 0 heterocycles. The molecule has 3 N–H and O–H groups in total. The van der Waals surface area contributed by atoms with Gasteiger partial charge in [0, 0.05) is 38.3 Å². The van der Waals surface area contributed by atoms with E-state index in [1.807, 2.05) is 24.3 Å². The molecule has 0 unspecified atom stereocenters. The molecule has 23 heavy (non-hydrogen) atoms. The van der Waals surface area contributed by atoms with Gasteiger partial charge in [0.2, 0.25) is 0 Å². The van der Waals surface area contributed by atoms with Crippen LogP contribution in [0.25, 0.3) is 0 Å². The van der Waals surface area contributed by atoms with Crippen molar-refractivity contribution in [3.8, 4) is 0 Å². The zero-order valence-electron chi connectivity index (χ0n) is 13.4. The van der Waals surface area contributed by atoms with E-state index in [4.69, 9.17) is 5.73 Å². The van der Waals surface area contributed by atoms with Gasteiger partial charge in [-0.3, -0.25) is 9.59 Å². The third-order valence-corrected chi connectivity index (χ3v) is 3.48. The van der Waals surface area contributed by atoms with Crippen LogP contribution in [0.2, 0.25) is 0 Å². The molecular formula is C18H21N3O2. The first-order chi connectivity index (χ1) is 11.0. The second kappa shape index (κ2) is 7.56. The van der Waals surface area contributed by atoms with Gasteiger partial charge in [0.05, 0.1) is 0 Å². The molecule has 0 aliphatic heterocycles. The Morgan fingerprint density at radius 2 is 1.61 bits per heavy atom. The fraction of sp³-hybridized carbons (Fsp3) is 0.222. The molecular weight excluding hydrogens is 290 g/mol. The maximum atomic E-state index is 12.2. The predicted molar refractivity (Wildman–Crippen MR) is 90.0 cm³/mol. The quantitative estimate of drug-likeness (QED) is 0.884. The summed E-state index contributed by atoms with van der Waals surface area (Å²) in [4.78, 5) is 25.5. The SMILES string of the molecule is CN(C)C(=O)c1ccc(C(=O)NCc2cccc(CN)c2)cc1. The summed E-state index contributed by atoms with van der Waals surface area (Å²) < 4.78 is 0. The number of hydrogen-bond donors (Lipinski definition) is 2. The fourth-order valence-electron chi connectivity index (χ4n) is 2.17. The summed E-state index contributed by atoms with van der Waals surface area (Å²) in [6.45, 7) is 0.911. The Bertz CT molecular complexity index is 694. The highest BCUT2D eigenvalue weighted by atomic mass is 16.2. The van der Waals surface area contributed by atoms with Crippen LogP contribution in [0.3, 0.4) is 0 Å². The molecule has 0 saturated heterocycles. The van der Waals surface area contributed by atoms with Crippen molar-refractivity contribution in [1.82, 2.24) is 10.2 Å². The summed E-state index contributed by atoms with van der Waals surface area (Å²) in [6.07, 6.45) is 0. The lowest BCUT2D eigenvalue weighted by atomic mass is 10.1. The Morgan fingerprint density at radius 3 is 2.22 bits per heavy atom. The minimum Gasteiger partial charge on any atom is -0.348 e. The van der Waals surface area contributed by atoms with Crippen LogP contribution in [0.5, 0.6) is 0 Å². The Labute approximate surface area is 136 Å². The molecule has 0 aliphatic carbocycles. The fourth-order valence-corrected chi connectivity index (χ4v) is 2.17. The molecule has 2 aromatic carbocycles. The molecule has 0 aliphatic rings. The molecule has 120 valence electrons. The van der Waals surface area contributed by atoms with Gasteiger partial charge in [-0.2, -0.15) is 0 Å². The average Bonchev–Trinajstić information content (AvgIpc) is 2.59. The van der Waals surface area contributed by atoms with Crippen LogP contribution in [0, 0.1) is 0 Å². The van der Waals surface area contributed by atoms with Crippen molar-refractivity contribution in [2.24, 2.45) is 5.73 Å². The van der Waals surface area contributed by atoms with Gasteiger partial charge in [-0.05, 0) is 35.4 Å². The van der Waals surface area contributed by atoms with Gasteiger partial charge in [0.1, 0.15) is 0 Å². The monoisotopic (exact) mass is 311 g/mol. The zero-order chi connectivity index (χ0) is 16.8. The van der Waals surface area contributed by atoms with Crippen molar-refractivity contribution in [1.29, 1.82) is 0 Å². The maximum Gasteiger partial charge on any atom is 0.253 e. The van der Waals surface area contributed by atoms with Crippen LogP contribution in [-0.2, 0) is 13.1 Å². The van der Waals surface area contributed by atoms with Gasteiger partial charge in [-0.25, -0.2) is 0 Å². The van der Waals surface area contributed by atoms with Crippen LogP contribution in [0.4, 0.5) is 0 Å². The minimum atomic E-state index is -0.174. The third kappa shape index (κ3) is 4.40. The summed E-state index contributed by atoms with van der Waals surface area (Å²) in [5.74, 6) is -0.262. The number of carbonyl (C=O) groups excluding carboxylic acids is 2. The van der Waals surface area contributed by atoms with Gasteiger partial charge in [-0.1, -0.05) is 24.3 Å². The minimum absolute atomic E-state index is 0.0874. The normalized spacial score (nSPS) is 10.2. The van der Waals surface area contributed by atoms with E-state index in [0.717, 1.165) is 11.1 Å². The third-order valence-electron chi connectivity index (χ3n) is 3.48. The van der Waals surface area contributed by atoms with Gasteiger partial charge in [0.25, 0.3) is 11.8 Å². The number of amides is 2. The Kier molecular flexibility index (Phi) is 5.49. The second-order valence-electron chi connectivity index (χ2n) is 5.48. The highest BCUT2D eigenvalue weighted by Gasteiger charge is 2.10. The summed E-state index contributed by atoms with van der Waals surface area (Å²) in [7, 11) is 3.39. The highest BCUT2D eigenvalue weighted by Crippen LogP contribution is 2.08. The van der Waals surface area contributed by atoms with Crippen LogP contribution in [-0.4, -0.2) is 30.8 Å². The van der Waals surface area contributed by atoms with Crippen LogP contribution < -0.4 is 11.1 Å². The molecule has 0 saturated carbocycles. The van der Waals surface area contributed by atoms with E-state index in [-0.39, 0.29) is 11.8 Å². The van der Waals surface area contributed by atoms with Crippen molar-refractivity contribution >= 4 is 11.8 Å². The van der Waals surface area contributed by atoms with Gasteiger partial charge in [-0.15, -0.1) is 0 Å². The molecule has 0 atom stereocenters. The lowest BCUT2D eigenvalue weighted by Crippen LogP contribution is -2.24. The van der Waals surface area contributed by atoms with E-state index in [1.54, 1.807) is 38.4 Å². The molecule has 0 radical (unpaired) electrons. The predicted octanol–water partition coefficient (Wildman–Crippen LogP) is 1.78. The smallest absolute Gasteiger partial charge is 0.253 e. The Hall–Kier alpha value is -2.66. The number of nitrogens with two attached hydrogens (primary N) is 1. The molecule has 5 heteroatoms. The number of nitrogens with zero attached hydrogens (tertiary/aromatic N) is 1. The van der Waals surface area contributed by atoms with Crippen molar-refractivity contribution in [2.45, 2.75) is 13.1 Å². The van der Waals surface area contributed by atoms with Crippen molar-refractivity contribution in [2.75, 3.05) is 14.1 Å². The van der Waals surface area contributed by atoms with E-state index < -0.39 is 0 Å². The second-order valence-corrected chi connectivity index (χ2v) is 5.48. The maximum absolute atomic E-state index is 12.2. The van der Waals surface area contributed by atoms with Crippen LogP contribution >= 0.6 is 0 Å². The first-order valence-electron chi connectivity index (χ1n) is 7.39. The first-order valence-corrected chi connectivity index (χ1v) is 7.39. The lowest BCUT2D eigenvalue weighted by Gasteiger charge is -2.11. The first kappa shape index (κ1) is 16.7. The van der Waals surface area contributed by atoms with E-state index in [9.17, 15) is 9.59 Å². The molecule has 0 spiro atoms. The molecule has 0 aromatic heterocycles. The Morgan fingerprint density at radius 1 is 1.00 bits per heavy atom. The van der Waals surface area contributed by atoms with Gasteiger partial charge < -0.3 is 16.0 Å². The number of rotatable bonds is 5. The molecule has 5 nitrogen and oxygen atoms in total. The number of hydrogen-bond acceptors (Lipinski definition) is 3. The van der Waals surface area contributed by atoms with Gasteiger partial charge >= 0.3 is 0 Å². The Balaban J connectivity index is 1.99. The van der Waals surface area contributed by atoms with Crippen LogP contribution in [0.1, 0.15) is 31.8 Å². The summed E-state index contributed by atoms with van der Waals surface area (Å²) in [5.41, 5.74) is 8.72. The zero-order valence-corrected chi connectivity index (χ0v) is 13.4. The molecule has 2 aromatic rings. The molecule has 2 amide bonds. The molecule has 2 rings (SSSR count).